The number of aliphatic hydroxyl groups is 1. The van der Waals surface area contributed by atoms with E-state index in [9.17, 15) is 24.3 Å². The van der Waals surface area contributed by atoms with Gasteiger partial charge in [-0.15, -0.1) is 0 Å². The summed E-state index contributed by atoms with van der Waals surface area (Å²) in [5.41, 5.74) is 3.66. The second-order valence-corrected chi connectivity index (χ2v) is 8.46. The molecule has 1 aromatic heterocycles. The number of anilines is 1. The highest BCUT2D eigenvalue weighted by Crippen LogP contribution is 2.29. The van der Waals surface area contributed by atoms with Crippen LogP contribution in [0.2, 0.25) is 0 Å². The van der Waals surface area contributed by atoms with E-state index in [0.29, 0.717) is 40.9 Å². The predicted molar refractivity (Wildman–Crippen MR) is 122 cm³/mol. The number of aliphatic hydroxyl groups excluding tert-OH is 1. The predicted octanol–water partition coefficient (Wildman–Crippen LogP) is 1.35. The summed E-state index contributed by atoms with van der Waals surface area (Å²) in [5.74, 6) is -0.614. The Morgan fingerprint density at radius 3 is 2.79 bits per heavy atom. The van der Waals surface area contributed by atoms with Crippen LogP contribution >= 0.6 is 0 Å². The van der Waals surface area contributed by atoms with Gasteiger partial charge in [-0.05, 0) is 55.3 Å². The Hall–Kier alpha value is -4.05. The number of carbonyl (C=O) groups excluding carboxylic acids is 4. The monoisotopic (exact) mass is 461 g/mol. The molecule has 0 radical (unpaired) electrons. The van der Waals surface area contributed by atoms with E-state index in [-0.39, 0.29) is 37.3 Å². The van der Waals surface area contributed by atoms with Gasteiger partial charge in [0.15, 0.2) is 0 Å². The van der Waals surface area contributed by atoms with Crippen LogP contribution in [0.15, 0.2) is 36.4 Å². The highest BCUT2D eigenvalue weighted by atomic mass is 16.3. The summed E-state index contributed by atoms with van der Waals surface area (Å²) in [5, 5.41) is 14.4. The average molecular weight is 461 g/mol. The van der Waals surface area contributed by atoms with Gasteiger partial charge in [-0.1, -0.05) is 0 Å². The van der Waals surface area contributed by atoms with Crippen molar-refractivity contribution in [3.05, 3.63) is 58.9 Å². The molecule has 34 heavy (non-hydrogen) atoms. The van der Waals surface area contributed by atoms with Crippen LogP contribution in [0.4, 0.5) is 5.69 Å². The molecule has 0 aliphatic carbocycles. The van der Waals surface area contributed by atoms with Crippen LogP contribution in [0.3, 0.4) is 0 Å². The molecule has 1 atom stereocenters. The Morgan fingerprint density at radius 2 is 2.03 bits per heavy atom. The van der Waals surface area contributed by atoms with Crippen LogP contribution in [-0.4, -0.2) is 55.8 Å². The minimum absolute atomic E-state index is 0.00363. The van der Waals surface area contributed by atoms with Gasteiger partial charge >= 0.3 is 0 Å². The van der Waals surface area contributed by atoms with Gasteiger partial charge < -0.3 is 19.9 Å². The lowest BCUT2D eigenvalue weighted by Crippen LogP contribution is -2.52. The topological polar surface area (TPSA) is 134 Å². The summed E-state index contributed by atoms with van der Waals surface area (Å²) in [6.07, 6.45) is 0.490. The Kier molecular flexibility index (Phi) is 5.37. The number of piperidine rings is 1. The van der Waals surface area contributed by atoms with Crippen molar-refractivity contribution in [2.24, 2.45) is 0 Å². The van der Waals surface area contributed by atoms with Crippen molar-refractivity contribution < 1.29 is 24.3 Å². The quantitative estimate of drug-likeness (QED) is 0.491. The second-order valence-electron chi connectivity index (χ2n) is 8.46. The summed E-state index contributed by atoms with van der Waals surface area (Å²) in [6.45, 7) is 2.50. The molecule has 0 spiro atoms. The minimum atomic E-state index is -0.684. The largest absolute Gasteiger partial charge is 0.395 e. The van der Waals surface area contributed by atoms with E-state index in [1.54, 1.807) is 36.4 Å². The molecule has 10 nitrogen and oxygen atoms in total. The summed E-state index contributed by atoms with van der Waals surface area (Å²) >= 11 is 0. The van der Waals surface area contributed by atoms with E-state index in [4.69, 9.17) is 0 Å². The number of imidazole rings is 1. The van der Waals surface area contributed by atoms with E-state index in [0.717, 1.165) is 11.3 Å². The van der Waals surface area contributed by atoms with Crippen molar-refractivity contribution in [3.8, 4) is 0 Å². The third-order valence-corrected chi connectivity index (χ3v) is 6.31. The van der Waals surface area contributed by atoms with Crippen LogP contribution in [0, 0.1) is 6.92 Å². The molecule has 2 aliphatic rings. The number of carbonyl (C=O) groups is 4. The first kappa shape index (κ1) is 21.8. The number of hydrogen-bond donors (Lipinski definition) is 3. The summed E-state index contributed by atoms with van der Waals surface area (Å²) in [4.78, 5) is 55.3. The third-order valence-electron chi connectivity index (χ3n) is 6.31. The maximum absolute atomic E-state index is 12.9. The number of imide groups is 1. The van der Waals surface area contributed by atoms with Gasteiger partial charge in [-0.2, -0.15) is 0 Å². The molecule has 2 aromatic carbocycles. The van der Waals surface area contributed by atoms with Crippen molar-refractivity contribution >= 4 is 40.3 Å². The molecular formula is C24H23N5O5. The standard InChI is InChI=1S/C24H23N5O5/c1-13-25-18-11-14(2-5-19(18)28(13)8-9-30)22(32)26-16-3-4-17-15(10-16)12-29(24(17)34)20-6-7-21(31)27-23(20)33/h2-5,10-11,20,30H,6-9,12H2,1H3,(H,26,32)(H,27,31,33). The Morgan fingerprint density at radius 1 is 1.21 bits per heavy atom. The van der Waals surface area contributed by atoms with Crippen molar-refractivity contribution in [3.63, 3.8) is 0 Å². The average Bonchev–Trinajstić information content (AvgIpc) is 3.29. The van der Waals surface area contributed by atoms with Crippen molar-refractivity contribution in [2.75, 3.05) is 11.9 Å². The Bertz CT molecular complexity index is 1360. The first-order valence-electron chi connectivity index (χ1n) is 11.0. The van der Waals surface area contributed by atoms with E-state index >= 15 is 0 Å². The molecule has 4 amide bonds. The second kappa shape index (κ2) is 8.38. The number of nitrogens with zero attached hydrogens (tertiary/aromatic N) is 3. The Balaban J connectivity index is 1.33. The van der Waals surface area contributed by atoms with Crippen LogP contribution in [0.1, 0.15) is 44.9 Å². The number of aryl methyl sites for hydroxylation is 1. The number of aromatic nitrogens is 2. The summed E-state index contributed by atoms with van der Waals surface area (Å²) < 4.78 is 1.89. The van der Waals surface area contributed by atoms with Crippen LogP contribution in [-0.2, 0) is 22.7 Å². The number of rotatable bonds is 5. The lowest BCUT2D eigenvalue weighted by Gasteiger charge is -2.29. The normalized spacial score (nSPS) is 17.8. The Labute approximate surface area is 194 Å². The number of hydrogen-bond acceptors (Lipinski definition) is 6. The van der Waals surface area contributed by atoms with E-state index in [1.807, 2.05) is 11.5 Å². The maximum Gasteiger partial charge on any atom is 0.255 e. The summed E-state index contributed by atoms with van der Waals surface area (Å²) in [7, 11) is 0. The molecule has 1 unspecified atom stereocenters. The fraction of sp³-hybridized carbons (Fsp3) is 0.292. The molecule has 1 fully saturated rings. The first-order chi connectivity index (χ1) is 16.4. The van der Waals surface area contributed by atoms with E-state index in [1.165, 1.54) is 4.90 Å². The molecule has 3 N–H and O–H groups in total. The summed E-state index contributed by atoms with van der Waals surface area (Å²) in [6, 6.07) is 9.55. The molecule has 1 saturated heterocycles. The van der Waals surface area contributed by atoms with Gasteiger partial charge in [-0.3, -0.25) is 24.5 Å². The lowest BCUT2D eigenvalue weighted by atomic mass is 10.0. The zero-order chi connectivity index (χ0) is 24.0. The molecule has 2 aliphatic heterocycles. The van der Waals surface area contributed by atoms with E-state index < -0.39 is 11.9 Å². The molecule has 5 rings (SSSR count). The zero-order valence-electron chi connectivity index (χ0n) is 18.5. The number of nitrogens with one attached hydrogen (secondary N) is 2. The van der Waals surface area contributed by atoms with Crippen molar-refractivity contribution in [2.45, 2.75) is 38.9 Å². The molecule has 3 heterocycles. The molecule has 0 saturated carbocycles. The highest BCUT2D eigenvalue weighted by Gasteiger charge is 2.39. The molecule has 174 valence electrons. The highest BCUT2D eigenvalue weighted by molar-refractivity contribution is 6.08. The number of benzene rings is 2. The number of fused-ring (bicyclic) bond motifs is 2. The maximum atomic E-state index is 12.9. The van der Waals surface area contributed by atoms with Gasteiger partial charge in [0.1, 0.15) is 11.9 Å². The molecule has 0 bridgehead atoms. The van der Waals surface area contributed by atoms with Gasteiger partial charge in [0, 0.05) is 36.3 Å². The minimum Gasteiger partial charge on any atom is -0.395 e. The van der Waals surface area contributed by atoms with Crippen molar-refractivity contribution in [1.82, 2.24) is 19.8 Å². The zero-order valence-corrected chi connectivity index (χ0v) is 18.5. The molecule has 10 heteroatoms. The molecule has 3 aromatic rings. The fourth-order valence-electron chi connectivity index (χ4n) is 4.63. The van der Waals surface area contributed by atoms with Gasteiger partial charge in [0.25, 0.3) is 11.8 Å². The van der Waals surface area contributed by atoms with Crippen LogP contribution in [0.5, 0.6) is 0 Å². The first-order valence-corrected chi connectivity index (χ1v) is 11.0. The van der Waals surface area contributed by atoms with Crippen LogP contribution in [0.25, 0.3) is 11.0 Å². The third kappa shape index (κ3) is 3.71. The van der Waals surface area contributed by atoms with Crippen molar-refractivity contribution in [1.29, 1.82) is 0 Å². The number of amides is 4. The van der Waals surface area contributed by atoms with Gasteiger partial charge in [0.2, 0.25) is 11.8 Å². The lowest BCUT2D eigenvalue weighted by molar-refractivity contribution is -0.136. The SMILES string of the molecule is Cc1nc2cc(C(=O)Nc3ccc4c(c3)CN(C3CCC(=O)NC3=O)C4=O)ccc2n1CCO. The van der Waals surface area contributed by atoms with Gasteiger partial charge in [0.05, 0.1) is 17.6 Å². The van der Waals surface area contributed by atoms with E-state index in [2.05, 4.69) is 15.6 Å². The molecular weight excluding hydrogens is 438 g/mol. The van der Waals surface area contributed by atoms with Crippen LogP contribution < -0.4 is 10.6 Å². The van der Waals surface area contributed by atoms with Gasteiger partial charge in [-0.25, -0.2) is 4.98 Å². The smallest absolute Gasteiger partial charge is 0.255 e. The fourth-order valence-corrected chi connectivity index (χ4v) is 4.63.